The zero-order valence-corrected chi connectivity index (χ0v) is 21.0. The maximum atomic E-state index is 13.4. The molecule has 2 saturated heterocycles. The molecule has 0 aromatic heterocycles. The first-order valence-corrected chi connectivity index (χ1v) is 12.8. The van der Waals surface area contributed by atoms with E-state index in [0.29, 0.717) is 29.8 Å². The summed E-state index contributed by atoms with van der Waals surface area (Å²) in [6.07, 6.45) is 3.44. The second-order valence-corrected chi connectivity index (χ2v) is 9.64. The largest absolute Gasteiger partial charge is 0.356 e. The summed E-state index contributed by atoms with van der Waals surface area (Å²) in [5.41, 5.74) is 1.91. The minimum absolute atomic E-state index is 0.0453. The summed E-state index contributed by atoms with van der Waals surface area (Å²) in [6.45, 7) is 5.71. The molecule has 2 amide bonds. The standard InChI is InChI=1S/C27H33FN4O2S/c1-2-29-25(33)19-24-26(34)32(23-10-8-22(28)9-11-23)27(35)31(24)17-16-30-14-12-21(13-15-30)18-20-6-4-3-5-7-20/h3-11,21,24H,2,12-19H2,1H3,(H,29,33)/t24-/m0/s1. The minimum atomic E-state index is -0.658. The number of nitrogens with zero attached hydrogens (tertiary/aromatic N) is 3. The lowest BCUT2D eigenvalue weighted by Gasteiger charge is -2.34. The molecule has 2 aromatic rings. The fourth-order valence-corrected chi connectivity index (χ4v) is 5.38. The topological polar surface area (TPSA) is 55.9 Å². The number of hydrogen-bond acceptors (Lipinski definition) is 4. The first kappa shape index (κ1) is 25.3. The molecule has 35 heavy (non-hydrogen) atoms. The lowest BCUT2D eigenvalue weighted by molar-refractivity contribution is -0.127. The van der Waals surface area contributed by atoms with Gasteiger partial charge >= 0.3 is 0 Å². The van der Waals surface area contributed by atoms with Gasteiger partial charge in [-0.15, -0.1) is 0 Å². The van der Waals surface area contributed by atoms with Crippen molar-refractivity contribution in [3.8, 4) is 0 Å². The van der Waals surface area contributed by atoms with Crippen LogP contribution in [0.4, 0.5) is 10.1 Å². The normalized spacial score (nSPS) is 19.4. The van der Waals surface area contributed by atoms with E-state index in [1.54, 1.807) is 12.1 Å². The molecule has 1 atom stereocenters. The van der Waals surface area contributed by atoms with Crippen LogP contribution in [0.1, 0.15) is 31.7 Å². The number of amides is 2. The third kappa shape index (κ3) is 6.24. The predicted molar refractivity (Wildman–Crippen MR) is 140 cm³/mol. The molecular weight excluding hydrogens is 463 g/mol. The number of carbonyl (C=O) groups excluding carboxylic acids is 2. The second-order valence-electron chi connectivity index (χ2n) is 9.27. The number of benzene rings is 2. The SMILES string of the molecule is CCNC(=O)C[C@H]1C(=O)N(c2ccc(F)cc2)C(=S)N1CCN1CCC(Cc2ccccc2)CC1. The summed E-state index contributed by atoms with van der Waals surface area (Å²) < 4.78 is 13.4. The van der Waals surface area contributed by atoms with Crippen LogP contribution in [0.5, 0.6) is 0 Å². The zero-order valence-electron chi connectivity index (χ0n) is 20.2. The molecule has 2 heterocycles. The molecule has 0 saturated carbocycles. The monoisotopic (exact) mass is 496 g/mol. The molecule has 0 spiro atoms. The Hall–Kier alpha value is -2.84. The van der Waals surface area contributed by atoms with Gasteiger partial charge in [-0.2, -0.15) is 0 Å². The molecule has 186 valence electrons. The van der Waals surface area contributed by atoms with Crippen LogP contribution < -0.4 is 10.2 Å². The molecule has 2 aromatic carbocycles. The number of piperidine rings is 1. The van der Waals surface area contributed by atoms with E-state index >= 15 is 0 Å². The van der Waals surface area contributed by atoms with Crippen molar-refractivity contribution in [3.63, 3.8) is 0 Å². The zero-order chi connectivity index (χ0) is 24.8. The molecule has 0 bridgehead atoms. The van der Waals surface area contributed by atoms with E-state index in [2.05, 4.69) is 40.5 Å². The smallest absolute Gasteiger partial charge is 0.256 e. The van der Waals surface area contributed by atoms with Gasteiger partial charge in [0.05, 0.1) is 12.1 Å². The van der Waals surface area contributed by atoms with Crippen molar-refractivity contribution in [2.45, 2.75) is 38.6 Å². The summed E-state index contributed by atoms with van der Waals surface area (Å²) >= 11 is 5.69. The first-order valence-electron chi connectivity index (χ1n) is 12.4. The third-order valence-electron chi connectivity index (χ3n) is 6.89. The highest BCUT2D eigenvalue weighted by Crippen LogP contribution is 2.28. The molecule has 1 N–H and O–H groups in total. The maximum Gasteiger partial charge on any atom is 0.256 e. The summed E-state index contributed by atoms with van der Waals surface area (Å²) in [5, 5.41) is 3.15. The van der Waals surface area contributed by atoms with E-state index in [1.165, 1.54) is 22.6 Å². The van der Waals surface area contributed by atoms with Crippen LogP contribution in [-0.4, -0.2) is 65.5 Å². The van der Waals surface area contributed by atoms with Crippen LogP contribution >= 0.6 is 12.2 Å². The van der Waals surface area contributed by atoms with Crippen molar-refractivity contribution in [2.75, 3.05) is 37.6 Å². The van der Waals surface area contributed by atoms with E-state index in [-0.39, 0.29) is 24.1 Å². The van der Waals surface area contributed by atoms with Crippen LogP contribution in [0.25, 0.3) is 0 Å². The Labute approximate surface area is 212 Å². The highest BCUT2D eigenvalue weighted by atomic mass is 32.1. The Morgan fingerprint density at radius 2 is 1.74 bits per heavy atom. The van der Waals surface area contributed by atoms with Gasteiger partial charge in [0.15, 0.2) is 5.11 Å². The number of hydrogen-bond donors (Lipinski definition) is 1. The number of nitrogens with one attached hydrogen (secondary N) is 1. The van der Waals surface area contributed by atoms with Crippen molar-refractivity contribution < 1.29 is 14.0 Å². The maximum absolute atomic E-state index is 13.4. The Bertz CT molecular complexity index is 1030. The van der Waals surface area contributed by atoms with Gasteiger partial charge in [0.1, 0.15) is 11.9 Å². The van der Waals surface area contributed by atoms with Gasteiger partial charge in [-0.3, -0.25) is 14.5 Å². The van der Waals surface area contributed by atoms with E-state index in [4.69, 9.17) is 12.2 Å². The number of halogens is 1. The predicted octanol–water partition coefficient (Wildman–Crippen LogP) is 3.61. The third-order valence-corrected chi connectivity index (χ3v) is 7.30. The summed E-state index contributed by atoms with van der Waals surface area (Å²) in [6, 6.07) is 15.7. The molecule has 8 heteroatoms. The summed E-state index contributed by atoms with van der Waals surface area (Å²) in [5.74, 6) is -0.115. The molecule has 0 unspecified atom stereocenters. The van der Waals surface area contributed by atoms with Crippen LogP contribution in [0, 0.1) is 11.7 Å². The molecule has 2 fully saturated rings. The Morgan fingerprint density at radius 1 is 1.06 bits per heavy atom. The molecule has 2 aliphatic heterocycles. The Kier molecular flexibility index (Phi) is 8.46. The van der Waals surface area contributed by atoms with Gasteiger partial charge in [0.2, 0.25) is 5.91 Å². The van der Waals surface area contributed by atoms with Gasteiger partial charge < -0.3 is 15.1 Å². The van der Waals surface area contributed by atoms with Crippen LogP contribution in [0.3, 0.4) is 0 Å². The minimum Gasteiger partial charge on any atom is -0.356 e. The van der Waals surface area contributed by atoms with E-state index in [1.807, 2.05) is 11.8 Å². The van der Waals surface area contributed by atoms with Crippen LogP contribution in [0.15, 0.2) is 54.6 Å². The first-order chi connectivity index (χ1) is 17.0. The van der Waals surface area contributed by atoms with Gasteiger partial charge in [-0.05, 0) is 87.2 Å². The second kappa shape index (κ2) is 11.7. The molecule has 4 rings (SSSR count). The van der Waals surface area contributed by atoms with Gasteiger partial charge in [-0.1, -0.05) is 30.3 Å². The average molecular weight is 497 g/mol. The Balaban J connectivity index is 1.38. The lowest BCUT2D eigenvalue weighted by atomic mass is 9.90. The molecule has 2 aliphatic rings. The van der Waals surface area contributed by atoms with E-state index < -0.39 is 6.04 Å². The van der Waals surface area contributed by atoms with E-state index in [9.17, 15) is 14.0 Å². The number of anilines is 1. The van der Waals surface area contributed by atoms with Crippen molar-refractivity contribution in [2.24, 2.45) is 5.92 Å². The van der Waals surface area contributed by atoms with Crippen molar-refractivity contribution in [1.82, 2.24) is 15.1 Å². The summed E-state index contributed by atoms with van der Waals surface area (Å²) in [4.78, 5) is 31.4. The fraction of sp³-hybridized carbons (Fsp3) is 0.444. The number of carbonyl (C=O) groups is 2. The highest BCUT2D eigenvalue weighted by Gasteiger charge is 2.44. The van der Waals surface area contributed by atoms with Crippen molar-refractivity contribution >= 4 is 34.8 Å². The molecular formula is C27H33FN4O2S. The van der Waals surface area contributed by atoms with Gasteiger partial charge in [0.25, 0.3) is 5.91 Å². The van der Waals surface area contributed by atoms with E-state index in [0.717, 1.165) is 38.9 Å². The summed E-state index contributed by atoms with van der Waals surface area (Å²) in [7, 11) is 0. The Morgan fingerprint density at radius 3 is 2.40 bits per heavy atom. The quantitative estimate of drug-likeness (QED) is 0.538. The average Bonchev–Trinajstić information content (AvgIpc) is 3.08. The molecule has 0 aliphatic carbocycles. The van der Waals surface area contributed by atoms with Crippen molar-refractivity contribution in [1.29, 1.82) is 0 Å². The fourth-order valence-electron chi connectivity index (χ4n) is 4.97. The number of likely N-dealkylation sites (tertiary alicyclic amines) is 1. The van der Waals surface area contributed by atoms with Crippen LogP contribution in [0.2, 0.25) is 0 Å². The van der Waals surface area contributed by atoms with Gasteiger partial charge in [-0.25, -0.2) is 4.39 Å². The van der Waals surface area contributed by atoms with Crippen molar-refractivity contribution in [3.05, 3.63) is 66.0 Å². The number of thiocarbonyl (C=S) groups is 1. The number of rotatable bonds is 9. The molecule has 6 nitrogen and oxygen atoms in total. The highest BCUT2D eigenvalue weighted by molar-refractivity contribution is 7.80. The molecule has 0 radical (unpaired) electrons. The van der Waals surface area contributed by atoms with Gasteiger partial charge in [0, 0.05) is 19.6 Å². The lowest BCUT2D eigenvalue weighted by Crippen LogP contribution is -2.45. The van der Waals surface area contributed by atoms with Crippen LogP contribution in [-0.2, 0) is 16.0 Å².